The molecule has 2 amide bonds. The highest BCUT2D eigenvalue weighted by atomic mass is 16.5. The van der Waals surface area contributed by atoms with Crippen molar-refractivity contribution in [3.8, 4) is 0 Å². The van der Waals surface area contributed by atoms with Crippen LogP contribution in [-0.2, 0) is 19.1 Å². The maximum atomic E-state index is 12.6. The summed E-state index contributed by atoms with van der Waals surface area (Å²) in [7, 11) is 0. The number of nitrogens with one attached hydrogen (secondary N) is 1. The van der Waals surface area contributed by atoms with Crippen molar-refractivity contribution in [3.63, 3.8) is 0 Å². The molecule has 2 aliphatic carbocycles. The first kappa shape index (κ1) is 21.6. The zero-order valence-electron chi connectivity index (χ0n) is 17.5. The molecule has 1 saturated heterocycles. The monoisotopic (exact) mass is 402 g/mol. The summed E-state index contributed by atoms with van der Waals surface area (Å²) in [4.78, 5) is 39.2. The van der Waals surface area contributed by atoms with Gasteiger partial charge >= 0.3 is 5.97 Å². The molecular weight excluding hydrogens is 368 g/mol. The van der Waals surface area contributed by atoms with Crippen LogP contribution in [0.2, 0.25) is 0 Å². The Balaban J connectivity index is 1.35. The van der Waals surface area contributed by atoms with E-state index >= 15 is 0 Å². The number of esters is 1. The predicted molar refractivity (Wildman–Crippen MR) is 111 cm³/mol. The molecule has 6 nitrogen and oxygen atoms in total. The number of ether oxygens (including phenoxy) is 1. The predicted octanol–water partition coefficient (Wildman–Crippen LogP) is 2.99. The van der Waals surface area contributed by atoms with Gasteiger partial charge in [-0.05, 0) is 58.3 Å². The minimum atomic E-state index is -0.348. The summed E-state index contributed by atoms with van der Waals surface area (Å²) in [5, 5.41) is 2.91. The summed E-state index contributed by atoms with van der Waals surface area (Å²) >= 11 is 0. The third kappa shape index (κ3) is 6.18. The normalized spacial score (nSPS) is 26.0. The first-order valence-corrected chi connectivity index (χ1v) is 11.1. The zero-order chi connectivity index (χ0) is 20.6. The number of hydrogen-bond donors (Lipinski definition) is 1. The van der Waals surface area contributed by atoms with Crippen molar-refractivity contribution < 1.29 is 19.1 Å². The van der Waals surface area contributed by atoms with Crippen molar-refractivity contribution in [2.45, 2.75) is 64.4 Å². The van der Waals surface area contributed by atoms with Gasteiger partial charge in [0.15, 0.2) is 0 Å². The molecule has 1 aliphatic heterocycles. The third-order valence-corrected chi connectivity index (χ3v) is 6.28. The van der Waals surface area contributed by atoms with Crippen molar-refractivity contribution in [2.75, 3.05) is 19.6 Å². The fourth-order valence-corrected chi connectivity index (χ4v) is 4.37. The van der Waals surface area contributed by atoms with E-state index in [-0.39, 0.29) is 41.6 Å². The number of amides is 2. The van der Waals surface area contributed by atoms with Crippen molar-refractivity contribution in [2.24, 2.45) is 17.8 Å². The number of nitrogens with zero attached hydrogens (tertiary/aromatic N) is 1. The number of likely N-dealkylation sites (tertiary alicyclic amines) is 1. The van der Waals surface area contributed by atoms with E-state index in [1.165, 1.54) is 0 Å². The van der Waals surface area contributed by atoms with Gasteiger partial charge in [-0.3, -0.25) is 14.4 Å². The van der Waals surface area contributed by atoms with Gasteiger partial charge in [-0.1, -0.05) is 24.3 Å². The Morgan fingerprint density at radius 2 is 1.55 bits per heavy atom. The molecule has 6 heteroatoms. The van der Waals surface area contributed by atoms with E-state index in [4.69, 9.17) is 4.74 Å². The quantitative estimate of drug-likeness (QED) is 0.547. The molecule has 0 unspecified atom stereocenters. The molecule has 0 radical (unpaired) electrons. The van der Waals surface area contributed by atoms with Gasteiger partial charge in [-0.25, -0.2) is 0 Å². The molecule has 0 spiro atoms. The van der Waals surface area contributed by atoms with Crippen LogP contribution in [0.25, 0.3) is 0 Å². The van der Waals surface area contributed by atoms with E-state index in [0.29, 0.717) is 32.5 Å². The molecule has 1 heterocycles. The average molecular weight is 403 g/mol. The van der Waals surface area contributed by atoms with Crippen molar-refractivity contribution in [1.29, 1.82) is 0 Å². The molecule has 3 aliphatic rings. The maximum Gasteiger partial charge on any atom is 0.309 e. The smallest absolute Gasteiger partial charge is 0.309 e. The lowest BCUT2D eigenvalue weighted by molar-refractivity contribution is -0.156. The van der Waals surface area contributed by atoms with Gasteiger partial charge in [0.05, 0.1) is 12.5 Å². The van der Waals surface area contributed by atoms with E-state index < -0.39 is 0 Å². The second-order valence-corrected chi connectivity index (χ2v) is 8.55. The largest absolute Gasteiger partial charge is 0.461 e. The molecule has 0 aromatic heterocycles. The van der Waals surface area contributed by atoms with Crippen LogP contribution in [-0.4, -0.2) is 48.4 Å². The molecule has 0 aromatic rings. The molecule has 3 atom stereocenters. The Hall–Kier alpha value is -2.11. The number of piperidine rings is 1. The molecule has 1 fully saturated rings. The average Bonchev–Trinajstić information content (AvgIpc) is 2.78. The second kappa shape index (κ2) is 10.6. The van der Waals surface area contributed by atoms with E-state index in [1.54, 1.807) is 0 Å². The molecule has 0 saturated carbocycles. The lowest BCUT2D eigenvalue weighted by Gasteiger charge is -2.34. The van der Waals surface area contributed by atoms with Crippen LogP contribution in [0.1, 0.15) is 58.3 Å². The molecule has 160 valence electrons. The highest BCUT2D eigenvalue weighted by molar-refractivity contribution is 5.80. The molecule has 29 heavy (non-hydrogen) atoms. The van der Waals surface area contributed by atoms with Gasteiger partial charge < -0.3 is 15.0 Å². The lowest BCUT2D eigenvalue weighted by atomic mass is 9.91. The van der Waals surface area contributed by atoms with Crippen LogP contribution >= 0.6 is 0 Å². The van der Waals surface area contributed by atoms with E-state index in [0.717, 1.165) is 38.5 Å². The van der Waals surface area contributed by atoms with Gasteiger partial charge in [0.2, 0.25) is 11.8 Å². The molecule has 0 aromatic carbocycles. The molecular formula is C23H34N2O4. The molecule has 3 rings (SSSR count). The molecule has 0 bridgehead atoms. The fourth-order valence-electron chi connectivity index (χ4n) is 4.37. The first-order valence-electron chi connectivity index (χ1n) is 11.1. The Morgan fingerprint density at radius 1 is 0.931 bits per heavy atom. The summed E-state index contributed by atoms with van der Waals surface area (Å²) in [6.07, 6.45) is 14.7. The van der Waals surface area contributed by atoms with Crippen molar-refractivity contribution in [1.82, 2.24) is 10.2 Å². The highest BCUT2D eigenvalue weighted by Gasteiger charge is 2.32. The zero-order valence-corrected chi connectivity index (χ0v) is 17.5. The Kier molecular flexibility index (Phi) is 7.90. The number of hydrogen-bond acceptors (Lipinski definition) is 4. The third-order valence-electron chi connectivity index (χ3n) is 6.28. The highest BCUT2D eigenvalue weighted by Crippen LogP contribution is 2.25. The van der Waals surface area contributed by atoms with Crippen LogP contribution in [0.4, 0.5) is 0 Å². The summed E-state index contributed by atoms with van der Waals surface area (Å²) in [5.41, 5.74) is 0. The number of rotatable bonds is 6. The van der Waals surface area contributed by atoms with Gasteiger partial charge in [-0.2, -0.15) is 0 Å². The first-order chi connectivity index (χ1) is 14.0. The van der Waals surface area contributed by atoms with Gasteiger partial charge in [0, 0.05) is 24.9 Å². The number of carbonyl (C=O) groups is 3. The Morgan fingerprint density at radius 3 is 2.14 bits per heavy atom. The summed E-state index contributed by atoms with van der Waals surface area (Å²) < 4.78 is 5.56. The van der Waals surface area contributed by atoms with Crippen LogP contribution in [0, 0.1) is 17.8 Å². The summed E-state index contributed by atoms with van der Waals surface area (Å²) in [6.45, 7) is 3.41. The Labute approximate surface area is 173 Å². The van der Waals surface area contributed by atoms with Crippen LogP contribution in [0.3, 0.4) is 0 Å². The van der Waals surface area contributed by atoms with Crippen LogP contribution < -0.4 is 5.32 Å². The number of allylic oxidation sites excluding steroid dienone is 4. The topological polar surface area (TPSA) is 75.7 Å². The van der Waals surface area contributed by atoms with Crippen molar-refractivity contribution in [3.05, 3.63) is 24.3 Å². The fraction of sp³-hybridized carbons (Fsp3) is 0.696. The SMILES string of the molecule is C[C@H](CNC(=O)[C@H]1CC=CCC1)OC(=O)C1CCN(C(=O)[C@H]2CC=CCC2)CC1. The minimum Gasteiger partial charge on any atom is -0.461 e. The summed E-state index contributed by atoms with van der Waals surface area (Å²) in [6, 6.07) is 0. The standard InChI is InChI=1S/C23H34N2O4/c1-17(16-24-21(26)18-8-4-2-5-9-18)29-23(28)20-12-14-25(15-13-20)22(27)19-10-6-3-7-11-19/h2-4,6,17-20H,5,7-16H2,1H3,(H,24,26)/t17-,18+,19+/m1/s1. The van der Waals surface area contributed by atoms with E-state index in [1.807, 2.05) is 11.8 Å². The molecule has 1 N–H and O–H groups in total. The van der Waals surface area contributed by atoms with Gasteiger partial charge in [-0.15, -0.1) is 0 Å². The number of carbonyl (C=O) groups excluding carboxylic acids is 3. The Bertz CT molecular complexity index is 649. The van der Waals surface area contributed by atoms with Gasteiger partial charge in [0.25, 0.3) is 0 Å². The van der Waals surface area contributed by atoms with Crippen molar-refractivity contribution >= 4 is 17.8 Å². The second-order valence-electron chi connectivity index (χ2n) is 8.55. The minimum absolute atomic E-state index is 0.0319. The van der Waals surface area contributed by atoms with Crippen LogP contribution in [0.15, 0.2) is 24.3 Å². The summed E-state index contributed by atoms with van der Waals surface area (Å²) in [5.74, 6) is 0.0413. The maximum absolute atomic E-state index is 12.6. The van der Waals surface area contributed by atoms with E-state index in [2.05, 4.69) is 29.6 Å². The van der Waals surface area contributed by atoms with Crippen LogP contribution in [0.5, 0.6) is 0 Å². The van der Waals surface area contributed by atoms with Gasteiger partial charge in [0.1, 0.15) is 6.10 Å². The van der Waals surface area contributed by atoms with E-state index in [9.17, 15) is 14.4 Å². The lowest BCUT2D eigenvalue weighted by Crippen LogP contribution is -2.44.